The summed E-state index contributed by atoms with van der Waals surface area (Å²) in [5.41, 5.74) is 7.59. The second kappa shape index (κ2) is 5.49. The van der Waals surface area contributed by atoms with Gasteiger partial charge in [-0.25, -0.2) is 4.39 Å². The summed E-state index contributed by atoms with van der Waals surface area (Å²) in [4.78, 5) is 8.16. The summed E-state index contributed by atoms with van der Waals surface area (Å²) in [6, 6.07) is 5.87. The first kappa shape index (κ1) is 13.5. The van der Waals surface area contributed by atoms with Gasteiger partial charge in [0, 0.05) is 17.6 Å². The summed E-state index contributed by atoms with van der Waals surface area (Å²) in [6.07, 6.45) is 3.44. The lowest BCUT2D eigenvalue weighted by atomic mass is 10.1. The van der Waals surface area contributed by atoms with Crippen LogP contribution in [0.1, 0.15) is 11.4 Å². The number of halogens is 2. The molecule has 2 N–H and O–H groups in total. The number of pyridine rings is 1. The number of benzene rings is 1. The van der Waals surface area contributed by atoms with Crippen LogP contribution >= 0.6 is 11.6 Å². The van der Waals surface area contributed by atoms with E-state index < -0.39 is 0 Å². The molecule has 0 spiro atoms. The first-order chi connectivity index (χ1) is 10.1. The van der Waals surface area contributed by atoms with Crippen LogP contribution in [0.4, 0.5) is 10.1 Å². The minimum atomic E-state index is -0.387. The lowest BCUT2D eigenvalue weighted by Crippen LogP contribution is -1.94. The van der Waals surface area contributed by atoms with Crippen molar-refractivity contribution in [2.24, 2.45) is 0 Å². The summed E-state index contributed by atoms with van der Waals surface area (Å²) >= 11 is 5.97. The van der Waals surface area contributed by atoms with Crippen LogP contribution in [0.15, 0.2) is 41.2 Å². The Kier molecular flexibility index (Phi) is 3.53. The maximum Gasteiger partial charge on any atom is 0.260 e. The third-order valence-corrected chi connectivity index (χ3v) is 3.27. The number of rotatable bonds is 3. The highest BCUT2D eigenvalue weighted by Gasteiger charge is 2.13. The molecule has 1 aromatic carbocycles. The van der Waals surface area contributed by atoms with Crippen molar-refractivity contribution in [1.82, 2.24) is 15.1 Å². The molecule has 0 atom stereocenters. The predicted molar refractivity (Wildman–Crippen MR) is 76.2 cm³/mol. The largest absolute Gasteiger partial charge is 0.397 e. The van der Waals surface area contributed by atoms with Gasteiger partial charge in [-0.3, -0.25) is 4.98 Å². The fraction of sp³-hybridized carbons (Fsp3) is 0.0714. The van der Waals surface area contributed by atoms with Crippen LogP contribution in [0.2, 0.25) is 5.02 Å². The molecule has 0 saturated heterocycles. The quantitative estimate of drug-likeness (QED) is 0.804. The van der Waals surface area contributed by atoms with E-state index >= 15 is 0 Å². The van der Waals surface area contributed by atoms with Gasteiger partial charge in [0.25, 0.3) is 5.89 Å². The number of anilines is 1. The smallest absolute Gasteiger partial charge is 0.260 e. The monoisotopic (exact) mass is 304 g/mol. The average molecular weight is 305 g/mol. The molecule has 5 nitrogen and oxygen atoms in total. The number of nitrogens with zero attached hydrogens (tertiary/aromatic N) is 3. The summed E-state index contributed by atoms with van der Waals surface area (Å²) < 4.78 is 18.2. The van der Waals surface area contributed by atoms with Crippen LogP contribution in [0.3, 0.4) is 0 Å². The molecular formula is C14H10ClFN4O. The van der Waals surface area contributed by atoms with Gasteiger partial charge in [-0.05, 0) is 23.8 Å². The lowest BCUT2D eigenvalue weighted by molar-refractivity contribution is 0.424. The van der Waals surface area contributed by atoms with E-state index in [4.69, 9.17) is 21.9 Å². The summed E-state index contributed by atoms with van der Waals surface area (Å²) in [5.74, 6) is 0.361. The van der Waals surface area contributed by atoms with Gasteiger partial charge >= 0.3 is 0 Å². The molecule has 3 aromatic rings. The molecule has 3 rings (SSSR count). The van der Waals surface area contributed by atoms with E-state index in [0.29, 0.717) is 40.0 Å². The van der Waals surface area contributed by atoms with Crippen molar-refractivity contribution >= 4 is 17.3 Å². The van der Waals surface area contributed by atoms with Crippen LogP contribution in [0.5, 0.6) is 0 Å². The van der Waals surface area contributed by atoms with Crippen molar-refractivity contribution in [3.05, 3.63) is 58.9 Å². The molecular weight excluding hydrogens is 295 g/mol. The molecule has 106 valence electrons. The fourth-order valence-electron chi connectivity index (χ4n) is 1.87. The molecule has 0 aliphatic carbocycles. The molecule has 0 amide bonds. The normalized spacial score (nSPS) is 10.8. The van der Waals surface area contributed by atoms with Crippen LogP contribution in [-0.2, 0) is 6.42 Å². The van der Waals surface area contributed by atoms with Crippen LogP contribution in [-0.4, -0.2) is 15.1 Å². The molecule has 0 aliphatic heterocycles. The number of hydrogen-bond acceptors (Lipinski definition) is 5. The van der Waals surface area contributed by atoms with E-state index in [0.717, 1.165) is 0 Å². The number of nitrogen functional groups attached to an aromatic ring is 1. The zero-order valence-electron chi connectivity index (χ0n) is 10.8. The highest BCUT2D eigenvalue weighted by atomic mass is 35.5. The Morgan fingerprint density at radius 3 is 2.90 bits per heavy atom. The van der Waals surface area contributed by atoms with E-state index in [1.807, 2.05) is 0 Å². The summed E-state index contributed by atoms with van der Waals surface area (Å²) in [6.45, 7) is 0. The Hall–Kier alpha value is -2.47. The standard InChI is InChI=1S/C14H10ClFN4O/c15-11-6-9(16)2-1-8(11)5-13-19-14(21-20-13)10-3-4-18-7-12(10)17/h1-4,6-7H,5,17H2. The Morgan fingerprint density at radius 2 is 2.14 bits per heavy atom. The Balaban J connectivity index is 1.87. The highest BCUT2D eigenvalue weighted by Crippen LogP contribution is 2.24. The molecule has 0 aliphatic rings. The first-order valence-corrected chi connectivity index (χ1v) is 6.47. The highest BCUT2D eigenvalue weighted by molar-refractivity contribution is 6.31. The van der Waals surface area contributed by atoms with Crippen molar-refractivity contribution in [2.75, 3.05) is 5.73 Å². The minimum Gasteiger partial charge on any atom is -0.397 e. The topological polar surface area (TPSA) is 77.8 Å². The van der Waals surface area contributed by atoms with Crippen molar-refractivity contribution in [2.45, 2.75) is 6.42 Å². The van der Waals surface area contributed by atoms with Crippen molar-refractivity contribution in [3.63, 3.8) is 0 Å². The van der Waals surface area contributed by atoms with Crippen molar-refractivity contribution < 1.29 is 8.91 Å². The molecule has 0 unspecified atom stereocenters. The van der Waals surface area contributed by atoms with Gasteiger partial charge in [-0.15, -0.1) is 0 Å². The predicted octanol–water partition coefficient (Wildman–Crippen LogP) is 3.10. The molecule has 0 bridgehead atoms. The van der Waals surface area contributed by atoms with Crippen molar-refractivity contribution in [3.8, 4) is 11.5 Å². The third kappa shape index (κ3) is 2.85. The second-order valence-electron chi connectivity index (χ2n) is 4.39. The Bertz CT molecular complexity index is 790. The van der Waals surface area contributed by atoms with Gasteiger partial charge in [0.05, 0.1) is 17.4 Å². The number of nitrogens with two attached hydrogens (primary N) is 1. The van der Waals surface area contributed by atoms with Gasteiger partial charge in [0.15, 0.2) is 5.82 Å². The molecule has 21 heavy (non-hydrogen) atoms. The lowest BCUT2D eigenvalue weighted by Gasteiger charge is -2.00. The Morgan fingerprint density at radius 1 is 1.29 bits per heavy atom. The van der Waals surface area contributed by atoms with Crippen LogP contribution in [0, 0.1) is 5.82 Å². The van der Waals surface area contributed by atoms with Gasteiger partial charge in [-0.2, -0.15) is 4.98 Å². The van der Waals surface area contributed by atoms with Crippen LogP contribution < -0.4 is 5.73 Å². The molecule has 0 saturated carbocycles. The van der Waals surface area contributed by atoms with E-state index in [1.165, 1.54) is 18.3 Å². The minimum absolute atomic E-state index is 0.308. The number of aromatic nitrogens is 3. The average Bonchev–Trinajstić information content (AvgIpc) is 2.91. The Labute approximate surface area is 124 Å². The van der Waals surface area contributed by atoms with E-state index in [1.54, 1.807) is 18.3 Å². The maximum atomic E-state index is 13.0. The molecule has 0 radical (unpaired) electrons. The zero-order chi connectivity index (χ0) is 14.8. The zero-order valence-corrected chi connectivity index (χ0v) is 11.5. The number of hydrogen-bond donors (Lipinski definition) is 1. The van der Waals surface area contributed by atoms with E-state index in [2.05, 4.69) is 15.1 Å². The summed E-state index contributed by atoms with van der Waals surface area (Å²) in [5, 5.41) is 4.20. The van der Waals surface area contributed by atoms with E-state index in [-0.39, 0.29) is 5.82 Å². The molecule has 0 fully saturated rings. The van der Waals surface area contributed by atoms with Crippen molar-refractivity contribution in [1.29, 1.82) is 0 Å². The fourth-order valence-corrected chi connectivity index (χ4v) is 2.11. The van der Waals surface area contributed by atoms with Crippen LogP contribution in [0.25, 0.3) is 11.5 Å². The van der Waals surface area contributed by atoms with Gasteiger partial charge < -0.3 is 10.3 Å². The second-order valence-corrected chi connectivity index (χ2v) is 4.80. The molecule has 2 heterocycles. The SMILES string of the molecule is Nc1cnccc1-c1nc(Cc2ccc(F)cc2Cl)no1. The van der Waals surface area contributed by atoms with E-state index in [9.17, 15) is 4.39 Å². The summed E-state index contributed by atoms with van der Waals surface area (Å²) in [7, 11) is 0. The van der Waals surface area contributed by atoms with Gasteiger partial charge in [-0.1, -0.05) is 22.8 Å². The van der Waals surface area contributed by atoms with Gasteiger partial charge in [0.2, 0.25) is 0 Å². The first-order valence-electron chi connectivity index (χ1n) is 6.10. The maximum absolute atomic E-state index is 13.0. The third-order valence-electron chi connectivity index (χ3n) is 2.91. The van der Waals surface area contributed by atoms with Gasteiger partial charge in [0.1, 0.15) is 5.82 Å². The molecule has 2 aromatic heterocycles. The molecule has 7 heteroatoms.